The van der Waals surface area contributed by atoms with E-state index in [2.05, 4.69) is 24.9 Å². The number of anilines is 2. The standard InChI is InChI=1S/C20H19N7O2/c21-17-18(22)20(14-4-2-10(24-14)12-6-8-16(29)26-12)27-19(17)13-3-1-9(23-13)11-5-7-15(28)25-11/h1-8,23-29H,21-22H2. The molecule has 0 fully saturated rings. The second-order valence-electron chi connectivity index (χ2n) is 6.79. The van der Waals surface area contributed by atoms with E-state index in [4.69, 9.17) is 11.5 Å². The first-order chi connectivity index (χ1) is 14.0. The minimum absolute atomic E-state index is 0.0972. The molecule has 5 rings (SSSR count). The molecular formula is C20H19N7O2. The van der Waals surface area contributed by atoms with E-state index in [-0.39, 0.29) is 11.8 Å². The van der Waals surface area contributed by atoms with Gasteiger partial charge in [0.15, 0.2) is 11.8 Å². The molecule has 5 heterocycles. The van der Waals surface area contributed by atoms with Crippen LogP contribution >= 0.6 is 0 Å². The number of rotatable bonds is 4. The molecule has 5 aromatic rings. The Hall–Kier alpha value is -4.40. The van der Waals surface area contributed by atoms with E-state index in [0.717, 1.165) is 34.2 Å². The minimum atomic E-state index is 0.0972. The Morgan fingerprint density at radius 1 is 0.448 bits per heavy atom. The molecule has 0 unspecified atom stereocenters. The zero-order valence-electron chi connectivity index (χ0n) is 15.2. The summed E-state index contributed by atoms with van der Waals surface area (Å²) >= 11 is 0. The zero-order chi connectivity index (χ0) is 20.1. The molecule has 0 amide bonds. The van der Waals surface area contributed by atoms with Gasteiger partial charge in [0.25, 0.3) is 0 Å². The molecule has 9 nitrogen and oxygen atoms in total. The van der Waals surface area contributed by atoms with E-state index < -0.39 is 0 Å². The largest absolute Gasteiger partial charge is 0.495 e. The maximum atomic E-state index is 9.50. The summed E-state index contributed by atoms with van der Waals surface area (Å²) in [5, 5.41) is 19.0. The first-order valence-corrected chi connectivity index (χ1v) is 8.92. The molecule has 0 aromatic carbocycles. The van der Waals surface area contributed by atoms with Gasteiger partial charge in [0.05, 0.1) is 56.9 Å². The molecule has 0 radical (unpaired) electrons. The maximum absolute atomic E-state index is 9.50. The van der Waals surface area contributed by atoms with Crippen molar-refractivity contribution in [3.63, 3.8) is 0 Å². The molecule has 0 aliphatic rings. The van der Waals surface area contributed by atoms with Gasteiger partial charge in [0, 0.05) is 12.1 Å². The minimum Gasteiger partial charge on any atom is -0.495 e. The summed E-state index contributed by atoms with van der Waals surface area (Å²) in [6.45, 7) is 0. The second kappa shape index (κ2) is 6.06. The van der Waals surface area contributed by atoms with Crippen molar-refractivity contribution in [1.82, 2.24) is 24.9 Å². The Morgan fingerprint density at radius 2 is 0.793 bits per heavy atom. The summed E-state index contributed by atoms with van der Waals surface area (Å²) < 4.78 is 0. The predicted molar refractivity (Wildman–Crippen MR) is 112 cm³/mol. The number of aromatic nitrogens is 5. The fourth-order valence-electron chi connectivity index (χ4n) is 3.43. The van der Waals surface area contributed by atoms with Gasteiger partial charge in [-0.2, -0.15) is 0 Å². The van der Waals surface area contributed by atoms with Gasteiger partial charge in [-0.25, -0.2) is 0 Å². The van der Waals surface area contributed by atoms with Crippen molar-refractivity contribution in [3.8, 4) is 57.3 Å². The first-order valence-electron chi connectivity index (χ1n) is 8.92. The molecule has 0 aliphatic carbocycles. The van der Waals surface area contributed by atoms with Gasteiger partial charge in [-0.1, -0.05) is 0 Å². The van der Waals surface area contributed by atoms with Crippen LogP contribution in [0.3, 0.4) is 0 Å². The predicted octanol–water partition coefficient (Wildman–Crippen LogP) is 3.57. The molecule has 0 atom stereocenters. The number of nitrogen functional groups attached to an aromatic ring is 2. The van der Waals surface area contributed by atoms with Crippen LogP contribution in [0, 0.1) is 0 Å². The fourth-order valence-corrected chi connectivity index (χ4v) is 3.43. The summed E-state index contributed by atoms with van der Waals surface area (Å²) in [6, 6.07) is 14.3. The molecule has 9 heteroatoms. The van der Waals surface area contributed by atoms with Crippen LogP contribution < -0.4 is 11.5 Å². The Morgan fingerprint density at radius 3 is 1.17 bits per heavy atom. The van der Waals surface area contributed by atoms with Gasteiger partial charge in [-0.15, -0.1) is 0 Å². The molecular weight excluding hydrogens is 370 g/mol. The highest BCUT2D eigenvalue weighted by molar-refractivity contribution is 5.92. The van der Waals surface area contributed by atoms with Gasteiger partial charge in [0.2, 0.25) is 0 Å². The van der Waals surface area contributed by atoms with Crippen LogP contribution in [0.5, 0.6) is 11.8 Å². The second-order valence-corrected chi connectivity index (χ2v) is 6.79. The Balaban J connectivity index is 1.51. The quantitative estimate of drug-likeness (QED) is 0.229. The lowest BCUT2D eigenvalue weighted by Gasteiger charge is -1.98. The Bertz CT molecular complexity index is 1220. The first kappa shape index (κ1) is 16.8. The fraction of sp³-hybridized carbons (Fsp3) is 0. The van der Waals surface area contributed by atoms with E-state index in [1.807, 2.05) is 24.3 Å². The molecule has 11 N–H and O–H groups in total. The Labute approximate surface area is 164 Å². The molecule has 5 aromatic heterocycles. The summed E-state index contributed by atoms with van der Waals surface area (Å²) in [6.07, 6.45) is 0. The monoisotopic (exact) mass is 389 g/mol. The number of nitrogens with two attached hydrogens (primary N) is 2. The van der Waals surface area contributed by atoms with E-state index in [1.54, 1.807) is 24.3 Å². The van der Waals surface area contributed by atoms with Crippen molar-refractivity contribution < 1.29 is 10.2 Å². The van der Waals surface area contributed by atoms with Crippen LogP contribution in [-0.4, -0.2) is 35.1 Å². The van der Waals surface area contributed by atoms with Gasteiger partial charge >= 0.3 is 0 Å². The number of hydrogen-bond donors (Lipinski definition) is 9. The van der Waals surface area contributed by atoms with Gasteiger partial charge in [-0.05, 0) is 36.4 Å². The lowest BCUT2D eigenvalue weighted by Crippen LogP contribution is -1.93. The van der Waals surface area contributed by atoms with E-state index in [9.17, 15) is 10.2 Å². The van der Waals surface area contributed by atoms with Gasteiger partial charge < -0.3 is 46.6 Å². The average Bonchev–Trinajstić information content (AvgIpc) is 3.48. The molecule has 29 heavy (non-hydrogen) atoms. The van der Waals surface area contributed by atoms with Crippen molar-refractivity contribution in [3.05, 3.63) is 48.5 Å². The van der Waals surface area contributed by atoms with Crippen molar-refractivity contribution in [2.45, 2.75) is 0 Å². The van der Waals surface area contributed by atoms with Crippen LogP contribution in [0.2, 0.25) is 0 Å². The van der Waals surface area contributed by atoms with E-state index in [0.29, 0.717) is 22.8 Å². The number of aromatic hydroxyl groups is 2. The number of aromatic amines is 5. The normalized spacial score (nSPS) is 11.3. The molecule has 146 valence electrons. The lowest BCUT2D eigenvalue weighted by molar-refractivity contribution is 0.457. The van der Waals surface area contributed by atoms with Crippen LogP contribution in [0.25, 0.3) is 45.6 Å². The van der Waals surface area contributed by atoms with Crippen molar-refractivity contribution in [2.75, 3.05) is 11.5 Å². The van der Waals surface area contributed by atoms with Crippen LogP contribution in [0.15, 0.2) is 48.5 Å². The third-order valence-corrected chi connectivity index (χ3v) is 4.91. The number of nitrogens with one attached hydrogen (secondary N) is 5. The van der Waals surface area contributed by atoms with Crippen molar-refractivity contribution in [2.24, 2.45) is 0 Å². The van der Waals surface area contributed by atoms with Crippen LogP contribution in [0.4, 0.5) is 11.4 Å². The summed E-state index contributed by atoms with van der Waals surface area (Å²) in [5.74, 6) is 0.194. The topological polar surface area (TPSA) is 171 Å². The molecule has 0 saturated carbocycles. The van der Waals surface area contributed by atoms with Gasteiger partial charge in [0.1, 0.15) is 0 Å². The lowest BCUT2D eigenvalue weighted by atomic mass is 10.2. The maximum Gasteiger partial charge on any atom is 0.188 e. The number of H-pyrrole nitrogens is 5. The highest BCUT2D eigenvalue weighted by Gasteiger charge is 2.18. The van der Waals surface area contributed by atoms with Crippen molar-refractivity contribution >= 4 is 11.4 Å². The van der Waals surface area contributed by atoms with Crippen LogP contribution in [-0.2, 0) is 0 Å². The van der Waals surface area contributed by atoms with Crippen LogP contribution in [0.1, 0.15) is 0 Å². The smallest absolute Gasteiger partial charge is 0.188 e. The highest BCUT2D eigenvalue weighted by atomic mass is 16.3. The third kappa shape index (κ3) is 2.72. The SMILES string of the molecule is Nc1c(-c2ccc(-c3ccc(O)[nH]3)[nH]2)[nH]c(-c2ccc(-c3ccc(O)[nH]3)[nH]2)c1N. The molecule has 0 bridgehead atoms. The highest BCUT2D eigenvalue weighted by Crippen LogP contribution is 2.38. The summed E-state index contributed by atoms with van der Waals surface area (Å²) in [4.78, 5) is 15.6. The van der Waals surface area contributed by atoms with E-state index in [1.165, 1.54) is 0 Å². The molecule has 0 saturated heterocycles. The third-order valence-electron chi connectivity index (χ3n) is 4.91. The summed E-state index contributed by atoms with van der Waals surface area (Å²) in [7, 11) is 0. The number of hydrogen-bond acceptors (Lipinski definition) is 4. The summed E-state index contributed by atoms with van der Waals surface area (Å²) in [5.41, 5.74) is 19.4. The average molecular weight is 389 g/mol. The molecule has 0 spiro atoms. The van der Waals surface area contributed by atoms with Crippen molar-refractivity contribution in [1.29, 1.82) is 0 Å². The molecule has 0 aliphatic heterocycles. The zero-order valence-corrected chi connectivity index (χ0v) is 15.2. The van der Waals surface area contributed by atoms with Gasteiger partial charge in [-0.3, -0.25) is 0 Å². The van der Waals surface area contributed by atoms with E-state index >= 15 is 0 Å². The Kier molecular flexibility index (Phi) is 3.50.